The average molecular weight is 482 g/mol. The summed E-state index contributed by atoms with van der Waals surface area (Å²) in [6.07, 6.45) is 7.13. The van der Waals surface area contributed by atoms with Crippen LogP contribution in [0.1, 0.15) is 71.6 Å². The number of hydrogen-bond donors (Lipinski definition) is 0. The lowest BCUT2D eigenvalue weighted by Gasteiger charge is -2.32. The highest BCUT2D eigenvalue weighted by molar-refractivity contribution is 9.10. The van der Waals surface area contributed by atoms with E-state index in [-0.39, 0.29) is 29.9 Å². The highest BCUT2D eigenvalue weighted by Crippen LogP contribution is 2.59. The monoisotopic (exact) mass is 480 g/mol. The van der Waals surface area contributed by atoms with Crippen molar-refractivity contribution < 1.29 is 14.0 Å². The second-order valence-corrected chi connectivity index (χ2v) is 10.8. The molecule has 1 unspecified atom stereocenters. The van der Waals surface area contributed by atoms with Crippen molar-refractivity contribution in [2.45, 2.75) is 82.5 Å². The van der Waals surface area contributed by atoms with E-state index in [9.17, 15) is 0 Å². The van der Waals surface area contributed by atoms with Gasteiger partial charge in [0.1, 0.15) is 0 Å². The lowest BCUT2D eigenvalue weighted by Crippen LogP contribution is -2.41. The Morgan fingerprint density at radius 2 is 1.86 bits per heavy atom. The standard InChI is InChI=1S/C21H27BBrClN2O3/c1-19(2)20(3,4)29-22(28-19)21(8-9-21)17-14(24)11-15-13(18(17)23)12-25-26(15)16-7-5-6-10-27-16/h11-12,16H,5-10H2,1-4H3. The minimum atomic E-state index is -0.362. The first-order valence-corrected chi connectivity index (χ1v) is 11.7. The summed E-state index contributed by atoms with van der Waals surface area (Å²) >= 11 is 10.8. The minimum absolute atomic E-state index is 0.0203. The zero-order chi connectivity index (χ0) is 20.6. The Bertz CT molecular complexity index is 950. The molecule has 3 fully saturated rings. The molecule has 3 heterocycles. The zero-order valence-corrected chi connectivity index (χ0v) is 19.8. The molecule has 29 heavy (non-hydrogen) atoms. The quantitative estimate of drug-likeness (QED) is 0.519. The third kappa shape index (κ3) is 3.03. The Kier molecular flexibility index (Phi) is 4.69. The van der Waals surface area contributed by atoms with Crippen molar-refractivity contribution in [3.05, 3.63) is 27.3 Å². The summed E-state index contributed by atoms with van der Waals surface area (Å²) in [5, 5.41) is 6.21. The van der Waals surface area contributed by atoms with Crippen LogP contribution >= 0.6 is 27.5 Å². The van der Waals surface area contributed by atoms with Crippen LogP contribution in [0.15, 0.2) is 16.7 Å². The van der Waals surface area contributed by atoms with E-state index in [4.69, 9.17) is 25.6 Å². The van der Waals surface area contributed by atoms with E-state index in [1.165, 1.54) is 0 Å². The maximum absolute atomic E-state index is 6.90. The molecule has 5 rings (SSSR count). The summed E-state index contributed by atoms with van der Waals surface area (Å²) in [6, 6.07) is 2.03. The highest BCUT2D eigenvalue weighted by atomic mass is 79.9. The topological polar surface area (TPSA) is 45.5 Å². The Labute approximate surface area is 185 Å². The van der Waals surface area contributed by atoms with Crippen LogP contribution in [0, 0.1) is 0 Å². The number of rotatable bonds is 3. The second kappa shape index (κ2) is 6.70. The molecule has 1 aliphatic carbocycles. The first-order valence-electron chi connectivity index (χ1n) is 10.5. The number of halogens is 2. The molecule has 0 N–H and O–H groups in total. The van der Waals surface area contributed by atoms with Gasteiger partial charge in [-0.05, 0) is 87.4 Å². The maximum Gasteiger partial charge on any atom is 0.469 e. The molecule has 1 aromatic carbocycles. The van der Waals surface area contributed by atoms with Crippen LogP contribution in [0.2, 0.25) is 5.02 Å². The molecule has 5 nitrogen and oxygen atoms in total. The number of nitrogens with zero attached hydrogens (tertiary/aromatic N) is 2. The van der Waals surface area contributed by atoms with Crippen molar-refractivity contribution in [3.8, 4) is 0 Å². The van der Waals surface area contributed by atoms with E-state index in [2.05, 4.69) is 48.7 Å². The van der Waals surface area contributed by atoms with Crippen molar-refractivity contribution in [1.82, 2.24) is 9.78 Å². The summed E-state index contributed by atoms with van der Waals surface area (Å²) in [5.74, 6) is 0. The van der Waals surface area contributed by atoms with E-state index in [0.29, 0.717) is 0 Å². The van der Waals surface area contributed by atoms with Crippen LogP contribution in [-0.2, 0) is 19.4 Å². The van der Waals surface area contributed by atoms with E-state index in [1.54, 1.807) is 0 Å². The summed E-state index contributed by atoms with van der Waals surface area (Å²) in [7, 11) is -0.310. The molecule has 0 amide bonds. The Morgan fingerprint density at radius 1 is 1.17 bits per heavy atom. The molecule has 2 saturated heterocycles. The molecule has 156 valence electrons. The van der Waals surface area contributed by atoms with Crippen molar-refractivity contribution in [3.63, 3.8) is 0 Å². The summed E-state index contributed by atoms with van der Waals surface area (Å²) < 4.78 is 21.8. The van der Waals surface area contributed by atoms with Gasteiger partial charge in [-0.3, -0.25) is 0 Å². The summed E-state index contributed by atoms with van der Waals surface area (Å²) in [6.45, 7) is 9.16. The van der Waals surface area contributed by atoms with Gasteiger partial charge >= 0.3 is 7.12 Å². The van der Waals surface area contributed by atoms with Gasteiger partial charge < -0.3 is 14.0 Å². The van der Waals surface area contributed by atoms with Gasteiger partial charge in [-0.15, -0.1) is 0 Å². The number of fused-ring (bicyclic) bond motifs is 1. The Balaban J connectivity index is 1.56. The van der Waals surface area contributed by atoms with Gasteiger partial charge in [0.25, 0.3) is 0 Å². The van der Waals surface area contributed by atoms with Gasteiger partial charge in [0.2, 0.25) is 0 Å². The molecule has 2 aromatic rings. The molecule has 3 aliphatic rings. The van der Waals surface area contributed by atoms with Crippen molar-refractivity contribution in [2.24, 2.45) is 0 Å². The Hall–Kier alpha value is -0.595. The normalized spacial score (nSPS) is 27.5. The minimum Gasteiger partial charge on any atom is -0.403 e. The first kappa shape index (κ1) is 20.3. The Morgan fingerprint density at radius 3 is 2.45 bits per heavy atom. The molecule has 0 bridgehead atoms. The largest absolute Gasteiger partial charge is 0.469 e. The molecular formula is C21H27BBrClN2O3. The van der Waals surface area contributed by atoms with Gasteiger partial charge in [-0.1, -0.05) is 11.6 Å². The molecule has 1 aromatic heterocycles. The van der Waals surface area contributed by atoms with Crippen LogP contribution in [-0.4, -0.2) is 34.7 Å². The number of aromatic nitrogens is 2. The van der Waals surface area contributed by atoms with Crippen LogP contribution < -0.4 is 0 Å². The van der Waals surface area contributed by atoms with Gasteiger partial charge in [0.05, 0.1) is 22.9 Å². The molecular weight excluding hydrogens is 454 g/mol. The van der Waals surface area contributed by atoms with Gasteiger partial charge in [0.15, 0.2) is 6.23 Å². The smallest absolute Gasteiger partial charge is 0.403 e. The van der Waals surface area contributed by atoms with E-state index in [0.717, 1.165) is 64.7 Å². The van der Waals surface area contributed by atoms with Crippen LogP contribution in [0.4, 0.5) is 0 Å². The molecule has 0 radical (unpaired) electrons. The number of hydrogen-bond acceptors (Lipinski definition) is 4. The van der Waals surface area contributed by atoms with Gasteiger partial charge in [-0.2, -0.15) is 5.10 Å². The fourth-order valence-corrected chi connectivity index (χ4v) is 5.94. The first-order chi connectivity index (χ1) is 13.7. The van der Waals surface area contributed by atoms with Crippen LogP contribution in [0.25, 0.3) is 10.9 Å². The third-order valence-electron chi connectivity index (χ3n) is 7.21. The van der Waals surface area contributed by atoms with Crippen LogP contribution in [0.3, 0.4) is 0 Å². The summed E-state index contributed by atoms with van der Waals surface area (Å²) in [5.41, 5.74) is 1.36. The number of benzene rings is 1. The molecule has 0 spiro atoms. The molecule has 8 heteroatoms. The van der Waals surface area contributed by atoms with Gasteiger partial charge in [0, 0.05) is 26.8 Å². The van der Waals surface area contributed by atoms with Crippen molar-refractivity contribution in [2.75, 3.05) is 6.61 Å². The predicted molar refractivity (Wildman–Crippen MR) is 118 cm³/mol. The fourth-order valence-electron chi connectivity index (χ4n) is 4.53. The van der Waals surface area contributed by atoms with Gasteiger partial charge in [-0.25, -0.2) is 4.68 Å². The van der Waals surface area contributed by atoms with E-state index in [1.807, 2.05) is 16.9 Å². The van der Waals surface area contributed by atoms with E-state index < -0.39 is 0 Å². The maximum atomic E-state index is 6.90. The third-order valence-corrected chi connectivity index (χ3v) is 8.33. The van der Waals surface area contributed by atoms with Crippen LogP contribution in [0.5, 0.6) is 0 Å². The molecule has 1 atom stereocenters. The van der Waals surface area contributed by atoms with E-state index >= 15 is 0 Å². The zero-order valence-electron chi connectivity index (χ0n) is 17.4. The van der Waals surface area contributed by atoms with Crippen molar-refractivity contribution >= 4 is 45.6 Å². The fraction of sp³-hybridized carbons (Fsp3) is 0.667. The number of ether oxygens (including phenoxy) is 1. The lowest BCUT2D eigenvalue weighted by atomic mass is 9.64. The lowest BCUT2D eigenvalue weighted by molar-refractivity contribution is -0.0366. The highest BCUT2D eigenvalue weighted by Gasteiger charge is 2.66. The van der Waals surface area contributed by atoms with Crippen molar-refractivity contribution in [1.29, 1.82) is 0 Å². The summed E-state index contributed by atoms with van der Waals surface area (Å²) in [4.78, 5) is 0. The molecule has 2 aliphatic heterocycles. The second-order valence-electron chi connectivity index (χ2n) is 9.63. The average Bonchev–Trinajstić information content (AvgIpc) is 3.27. The predicted octanol–water partition coefficient (Wildman–Crippen LogP) is 5.81. The molecule has 1 saturated carbocycles. The SMILES string of the molecule is CC1(C)OB(C2(c3c(Cl)cc4c(cnn4C4CCCCO4)c3Br)CC2)OC1(C)C.